The standard InChI is InChI=1S/C16H23ClO/c1-2-3-10-15-11-7-12-18-16(15,17)13-14-8-5-4-6-9-14/h4-6,8-9,15H,2-3,7,10-13H2,1H3. The largest absolute Gasteiger partial charge is 0.359 e. The van der Waals surface area contributed by atoms with Gasteiger partial charge in [-0.2, -0.15) is 0 Å². The molecule has 2 heteroatoms. The molecule has 0 aliphatic carbocycles. The molecule has 0 bridgehead atoms. The zero-order valence-corrected chi connectivity index (χ0v) is 12.0. The van der Waals surface area contributed by atoms with Gasteiger partial charge in [0.25, 0.3) is 0 Å². The molecule has 0 amide bonds. The highest BCUT2D eigenvalue weighted by atomic mass is 35.5. The Morgan fingerprint density at radius 3 is 2.83 bits per heavy atom. The summed E-state index contributed by atoms with van der Waals surface area (Å²) in [5, 5.41) is -0.477. The second-order valence-electron chi connectivity index (χ2n) is 5.28. The van der Waals surface area contributed by atoms with Crippen LogP contribution in [0.5, 0.6) is 0 Å². The fourth-order valence-electron chi connectivity index (χ4n) is 2.78. The van der Waals surface area contributed by atoms with E-state index in [0.717, 1.165) is 19.4 Å². The second kappa shape index (κ2) is 6.58. The zero-order valence-electron chi connectivity index (χ0n) is 11.2. The normalized spacial score (nSPS) is 28.2. The van der Waals surface area contributed by atoms with E-state index in [1.807, 2.05) is 6.07 Å². The van der Waals surface area contributed by atoms with Crippen molar-refractivity contribution in [2.24, 2.45) is 5.92 Å². The third kappa shape index (κ3) is 3.49. The average Bonchev–Trinajstić information content (AvgIpc) is 2.39. The molecule has 2 atom stereocenters. The molecule has 1 aromatic carbocycles. The fraction of sp³-hybridized carbons (Fsp3) is 0.625. The minimum atomic E-state index is -0.477. The van der Waals surface area contributed by atoms with Crippen LogP contribution in [0.2, 0.25) is 0 Å². The van der Waals surface area contributed by atoms with E-state index in [1.54, 1.807) is 0 Å². The van der Waals surface area contributed by atoms with Crippen LogP contribution in [0, 0.1) is 5.92 Å². The van der Waals surface area contributed by atoms with E-state index in [-0.39, 0.29) is 0 Å². The summed E-state index contributed by atoms with van der Waals surface area (Å²) in [5.74, 6) is 0.494. The molecule has 2 rings (SSSR count). The molecule has 1 aromatic rings. The first kappa shape index (κ1) is 13.9. The van der Waals surface area contributed by atoms with E-state index in [9.17, 15) is 0 Å². The Labute approximate surface area is 115 Å². The van der Waals surface area contributed by atoms with Crippen LogP contribution in [0.1, 0.15) is 44.6 Å². The Morgan fingerprint density at radius 1 is 1.33 bits per heavy atom. The Morgan fingerprint density at radius 2 is 2.11 bits per heavy atom. The molecule has 1 saturated heterocycles. The van der Waals surface area contributed by atoms with Gasteiger partial charge in [-0.1, -0.05) is 61.7 Å². The Bertz CT molecular complexity index is 351. The maximum atomic E-state index is 6.79. The predicted molar refractivity (Wildman–Crippen MR) is 76.9 cm³/mol. The van der Waals surface area contributed by atoms with Crippen LogP contribution in [0.4, 0.5) is 0 Å². The molecule has 0 saturated carbocycles. The van der Waals surface area contributed by atoms with Crippen molar-refractivity contribution >= 4 is 11.6 Å². The van der Waals surface area contributed by atoms with Crippen LogP contribution in [0.15, 0.2) is 30.3 Å². The lowest BCUT2D eigenvalue weighted by atomic mass is 9.85. The van der Waals surface area contributed by atoms with E-state index < -0.39 is 5.06 Å². The highest BCUT2D eigenvalue weighted by Crippen LogP contribution is 2.40. The van der Waals surface area contributed by atoms with Crippen LogP contribution in [0.25, 0.3) is 0 Å². The van der Waals surface area contributed by atoms with Crippen LogP contribution < -0.4 is 0 Å². The average molecular weight is 267 g/mol. The number of alkyl halides is 1. The Hall–Kier alpha value is -0.530. The number of hydrogen-bond acceptors (Lipinski definition) is 1. The molecule has 0 radical (unpaired) electrons. The van der Waals surface area contributed by atoms with Gasteiger partial charge < -0.3 is 4.74 Å². The van der Waals surface area contributed by atoms with Crippen LogP contribution in [-0.2, 0) is 11.2 Å². The maximum Gasteiger partial charge on any atom is 0.148 e. The van der Waals surface area contributed by atoms with Gasteiger partial charge in [-0.15, -0.1) is 0 Å². The molecular weight excluding hydrogens is 244 g/mol. The van der Waals surface area contributed by atoms with Crippen LogP contribution in [0.3, 0.4) is 0 Å². The van der Waals surface area contributed by atoms with Crippen molar-refractivity contribution < 1.29 is 4.74 Å². The highest BCUT2D eigenvalue weighted by molar-refractivity contribution is 6.23. The molecule has 2 unspecified atom stereocenters. The molecule has 0 spiro atoms. The van der Waals surface area contributed by atoms with Gasteiger partial charge in [-0.25, -0.2) is 0 Å². The second-order valence-corrected chi connectivity index (χ2v) is 5.92. The minimum Gasteiger partial charge on any atom is -0.359 e. The molecule has 1 heterocycles. The predicted octanol–water partition coefficient (Wildman–Crippen LogP) is 4.78. The summed E-state index contributed by atoms with van der Waals surface area (Å²) < 4.78 is 5.94. The van der Waals surface area contributed by atoms with Crippen LogP contribution in [-0.4, -0.2) is 11.7 Å². The molecule has 0 aromatic heterocycles. The third-order valence-corrected chi connectivity index (χ3v) is 4.39. The van der Waals surface area contributed by atoms with Gasteiger partial charge in [-0.3, -0.25) is 0 Å². The van der Waals surface area contributed by atoms with Crippen molar-refractivity contribution in [3.05, 3.63) is 35.9 Å². The van der Waals surface area contributed by atoms with Gasteiger partial charge >= 0.3 is 0 Å². The van der Waals surface area contributed by atoms with Crippen molar-refractivity contribution in [1.82, 2.24) is 0 Å². The fourth-order valence-corrected chi connectivity index (χ4v) is 3.23. The molecule has 0 N–H and O–H groups in total. The molecule has 1 aliphatic rings. The molecular formula is C16H23ClO. The number of halogens is 1. The molecule has 1 aliphatic heterocycles. The maximum absolute atomic E-state index is 6.79. The molecule has 1 nitrogen and oxygen atoms in total. The number of unbranched alkanes of at least 4 members (excludes halogenated alkanes) is 1. The van der Waals surface area contributed by atoms with Crippen molar-refractivity contribution in [3.63, 3.8) is 0 Å². The monoisotopic (exact) mass is 266 g/mol. The van der Waals surface area contributed by atoms with Crippen molar-refractivity contribution in [1.29, 1.82) is 0 Å². The lowest BCUT2D eigenvalue weighted by Crippen LogP contribution is -2.41. The molecule has 100 valence electrons. The van der Waals surface area contributed by atoms with Crippen LogP contribution >= 0.6 is 11.6 Å². The number of rotatable bonds is 5. The van der Waals surface area contributed by atoms with Crippen molar-refractivity contribution in [2.75, 3.05) is 6.61 Å². The quantitative estimate of drug-likeness (QED) is 0.697. The summed E-state index contributed by atoms with van der Waals surface area (Å²) in [5.41, 5.74) is 1.27. The zero-order chi connectivity index (χ0) is 12.8. The summed E-state index contributed by atoms with van der Waals surface area (Å²) >= 11 is 6.79. The number of benzene rings is 1. The van der Waals surface area contributed by atoms with E-state index in [2.05, 4.69) is 31.2 Å². The van der Waals surface area contributed by atoms with E-state index >= 15 is 0 Å². The number of hydrogen-bond donors (Lipinski definition) is 0. The lowest BCUT2D eigenvalue weighted by molar-refractivity contribution is -0.0617. The van der Waals surface area contributed by atoms with Gasteiger partial charge in [0.2, 0.25) is 0 Å². The minimum absolute atomic E-state index is 0.477. The SMILES string of the molecule is CCCCC1CCCOC1(Cl)Cc1ccccc1. The van der Waals surface area contributed by atoms with Crippen molar-refractivity contribution in [2.45, 2.75) is 50.5 Å². The van der Waals surface area contributed by atoms with E-state index in [0.29, 0.717) is 5.92 Å². The lowest BCUT2D eigenvalue weighted by Gasteiger charge is -2.39. The summed E-state index contributed by atoms with van der Waals surface area (Å²) in [6.07, 6.45) is 6.84. The smallest absolute Gasteiger partial charge is 0.148 e. The van der Waals surface area contributed by atoms with Gasteiger partial charge in [0.1, 0.15) is 5.06 Å². The van der Waals surface area contributed by atoms with Gasteiger partial charge in [0.15, 0.2) is 0 Å². The first-order chi connectivity index (χ1) is 8.74. The van der Waals surface area contributed by atoms with Gasteiger partial charge in [-0.05, 0) is 24.8 Å². The third-order valence-electron chi connectivity index (χ3n) is 3.84. The summed E-state index contributed by atoms with van der Waals surface area (Å²) in [7, 11) is 0. The number of ether oxygens (including phenoxy) is 1. The Kier molecular flexibility index (Phi) is 5.08. The van der Waals surface area contributed by atoms with Gasteiger partial charge in [0, 0.05) is 18.9 Å². The molecule has 1 fully saturated rings. The van der Waals surface area contributed by atoms with Crippen molar-refractivity contribution in [3.8, 4) is 0 Å². The first-order valence-corrected chi connectivity index (χ1v) is 7.49. The van der Waals surface area contributed by atoms with Gasteiger partial charge in [0.05, 0.1) is 0 Å². The first-order valence-electron chi connectivity index (χ1n) is 7.11. The Balaban J connectivity index is 2.05. The van der Waals surface area contributed by atoms with E-state index in [4.69, 9.17) is 16.3 Å². The topological polar surface area (TPSA) is 9.23 Å². The highest BCUT2D eigenvalue weighted by Gasteiger charge is 2.39. The summed E-state index contributed by atoms with van der Waals surface area (Å²) in [6.45, 7) is 3.04. The molecule has 18 heavy (non-hydrogen) atoms. The van der Waals surface area contributed by atoms with E-state index in [1.165, 1.54) is 31.2 Å². The summed E-state index contributed by atoms with van der Waals surface area (Å²) in [6, 6.07) is 10.5. The summed E-state index contributed by atoms with van der Waals surface area (Å²) in [4.78, 5) is 0.